The largest absolute Gasteiger partial charge is 0.488 e. The van der Waals surface area contributed by atoms with Crippen LogP contribution in [0.15, 0.2) is 88.0 Å². The molecule has 3 aromatic rings. The van der Waals surface area contributed by atoms with Gasteiger partial charge in [-0.2, -0.15) is 0 Å². The highest BCUT2D eigenvalue weighted by Gasteiger charge is 2.24. The number of nitrogens with zero attached hydrogens (tertiary/aromatic N) is 1. The van der Waals surface area contributed by atoms with Crippen LogP contribution < -0.4 is 4.74 Å². The van der Waals surface area contributed by atoms with E-state index in [1.54, 1.807) is 6.08 Å². The van der Waals surface area contributed by atoms with Crippen LogP contribution in [-0.4, -0.2) is 11.9 Å². The first-order valence-corrected chi connectivity index (χ1v) is 9.94. The van der Waals surface area contributed by atoms with Crippen LogP contribution in [0.2, 0.25) is 0 Å². The van der Waals surface area contributed by atoms with E-state index in [0.717, 1.165) is 32.5 Å². The molecule has 1 aliphatic rings. The van der Waals surface area contributed by atoms with Crippen molar-refractivity contribution in [1.82, 2.24) is 0 Å². The molecule has 0 aliphatic carbocycles. The number of hydrogen-bond donors (Lipinski definition) is 0. The molecule has 0 spiro atoms. The monoisotopic (exact) mass is 447 g/mol. The first-order chi connectivity index (χ1) is 14.1. The van der Waals surface area contributed by atoms with E-state index in [2.05, 4.69) is 20.9 Å². The van der Waals surface area contributed by atoms with Gasteiger partial charge in [0.15, 0.2) is 5.70 Å². The summed E-state index contributed by atoms with van der Waals surface area (Å²) in [5.74, 6) is 0.595. The van der Waals surface area contributed by atoms with Crippen molar-refractivity contribution in [2.24, 2.45) is 4.99 Å². The average molecular weight is 448 g/mol. The number of ether oxygens (including phenoxy) is 2. The van der Waals surface area contributed by atoms with Gasteiger partial charge in [-0.1, -0.05) is 54.1 Å². The van der Waals surface area contributed by atoms with Gasteiger partial charge < -0.3 is 9.47 Å². The van der Waals surface area contributed by atoms with Gasteiger partial charge in [0.1, 0.15) is 12.4 Å². The molecular weight excluding hydrogens is 430 g/mol. The predicted octanol–water partition coefficient (Wildman–Crippen LogP) is 5.68. The van der Waals surface area contributed by atoms with Gasteiger partial charge in [0.2, 0.25) is 5.90 Å². The number of aliphatic imine (C=N–C) groups is 1. The Morgan fingerprint density at radius 2 is 1.79 bits per heavy atom. The standard InChI is InChI=1S/C24H18BrNO3/c1-16-7-10-19(11-8-16)23-26-21(24(27)29-23)14-18-9-12-22(20(25)13-18)28-15-17-5-3-2-4-6-17/h2-14H,15H2,1H3/b21-14+. The van der Waals surface area contributed by atoms with Gasteiger partial charge in [0.25, 0.3) is 0 Å². The molecule has 0 saturated carbocycles. The fraction of sp³-hybridized carbons (Fsp3) is 0.0833. The van der Waals surface area contributed by atoms with E-state index in [4.69, 9.17) is 9.47 Å². The van der Waals surface area contributed by atoms with E-state index in [0.29, 0.717) is 12.5 Å². The lowest BCUT2D eigenvalue weighted by atomic mass is 10.1. The zero-order valence-corrected chi connectivity index (χ0v) is 17.3. The number of carbonyl (C=O) groups is 1. The molecule has 1 aliphatic heterocycles. The summed E-state index contributed by atoms with van der Waals surface area (Å²) in [4.78, 5) is 16.6. The van der Waals surface area contributed by atoms with Crippen LogP contribution in [0.25, 0.3) is 6.08 Å². The number of aryl methyl sites for hydroxylation is 1. The zero-order chi connectivity index (χ0) is 20.2. The van der Waals surface area contributed by atoms with Gasteiger partial charge in [-0.05, 0) is 64.3 Å². The second kappa shape index (κ2) is 8.45. The summed E-state index contributed by atoms with van der Waals surface area (Å²) in [7, 11) is 0. The van der Waals surface area contributed by atoms with Crippen LogP contribution in [-0.2, 0) is 16.1 Å². The Bertz CT molecular complexity index is 1100. The number of benzene rings is 3. The van der Waals surface area contributed by atoms with E-state index in [1.165, 1.54) is 0 Å². The third-order valence-corrected chi connectivity index (χ3v) is 5.04. The summed E-state index contributed by atoms with van der Waals surface area (Å²) >= 11 is 3.53. The van der Waals surface area contributed by atoms with Crippen molar-refractivity contribution in [3.05, 3.63) is 105 Å². The molecule has 1 heterocycles. The Labute approximate surface area is 177 Å². The molecule has 3 aromatic carbocycles. The van der Waals surface area contributed by atoms with Crippen molar-refractivity contribution in [3.63, 3.8) is 0 Å². The van der Waals surface area contributed by atoms with E-state index in [1.807, 2.05) is 79.7 Å². The topological polar surface area (TPSA) is 47.9 Å². The number of esters is 1. The highest BCUT2D eigenvalue weighted by Crippen LogP contribution is 2.28. The molecule has 0 unspecified atom stereocenters. The molecule has 144 valence electrons. The first-order valence-electron chi connectivity index (χ1n) is 9.14. The molecule has 0 radical (unpaired) electrons. The normalized spacial score (nSPS) is 14.6. The third kappa shape index (κ3) is 4.63. The number of hydrogen-bond acceptors (Lipinski definition) is 4. The molecular formula is C24H18BrNO3. The van der Waals surface area contributed by atoms with Gasteiger partial charge >= 0.3 is 5.97 Å². The maximum atomic E-state index is 12.2. The minimum atomic E-state index is -0.457. The number of halogens is 1. The van der Waals surface area contributed by atoms with E-state index in [9.17, 15) is 4.79 Å². The molecule has 0 amide bonds. The number of cyclic esters (lactones) is 1. The van der Waals surface area contributed by atoms with E-state index >= 15 is 0 Å². The van der Waals surface area contributed by atoms with E-state index < -0.39 is 5.97 Å². The van der Waals surface area contributed by atoms with Crippen LogP contribution in [0.1, 0.15) is 22.3 Å². The van der Waals surface area contributed by atoms with Gasteiger partial charge in [-0.15, -0.1) is 0 Å². The molecule has 0 atom stereocenters. The van der Waals surface area contributed by atoms with Gasteiger partial charge in [0, 0.05) is 5.56 Å². The van der Waals surface area contributed by atoms with Crippen LogP contribution in [0.4, 0.5) is 0 Å². The summed E-state index contributed by atoms with van der Waals surface area (Å²) in [6, 6.07) is 23.3. The molecule has 0 aromatic heterocycles. The van der Waals surface area contributed by atoms with Crippen molar-refractivity contribution < 1.29 is 14.3 Å². The fourth-order valence-electron chi connectivity index (χ4n) is 2.85. The van der Waals surface area contributed by atoms with Crippen LogP contribution in [0.3, 0.4) is 0 Å². The summed E-state index contributed by atoms with van der Waals surface area (Å²) in [6.45, 7) is 2.49. The lowest BCUT2D eigenvalue weighted by Gasteiger charge is -2.09. The summed E-state index contributed by atoms with van der Waals surface area (Å²) in [5, 5.41) is 0. The Morgan fingerprint density at radius 1 is 1.03 bits per heavy atom. The minimum absolute atomic E-state index is 0.269. The Balaban J connectivity index is 1.51. The lowest BCUT2D eigenvalue weighted by Crippen LogP contribution is -2.05. The van der Waals surface area contributed by atoms with E-state index in [-0.39, 0.29) is 5.70 Å². The minimum Gasteiger partial charge on any atom is -0.488 e. The smallest absolute Gasteiger partial charge is 0.363 e. The highest BCUT2D eigenvalue weighted by atomic mass is 79.9. The second-order valence-corrected chi connectivity index (χ2v) is 7.52. The van der Waals surface area contributed by atoms with Crippen molar-refractivity contribution >= 4 is 33.9 Å². The zero-order valence-electron chi connectivity index (χ0n) is 15.8. The molecule has 4 nitrogen and oxygen atoms in total. The first kappa shape index (κ1) is 19.2. The average Bonchev–Trinajstić information content (AvgIpc) is 3.09. The maximum absolute atomic E-state index is 12.2. The molecule has 0 fully saturated rings. The highest BCUT2D eigenvalue weighted by molar-refractivity contribution is 9.10. The van der Waals surface area contributed by atoms with Gasteiger partial charge in [-0.25, -0.2) is 9.79 Å². The fourth-order valence-corrected chi connectivity index (χ4v) is 3.36. The summed E-state index contributed by atoms with van der Waals surface area (Å²) in [5.41, 5.74) is 4.10. The Kier molecular flexibility index (Phi) is 5.58. The van der Waals surface area contributed by atoms with Crippen molar-refractivity contribution in [1.29, 1.82) is 0 Å². The van der Waals surface area contributed by atoms with Crippen molar-refractivity contribution in [3.8, 4) is 5.75 Å². The predicted molar refractivity (Wildman–Crippen MR) is 117 cm³/mol. The van der Waals surface area contributed by atoms with Crippen LogP contribution in [0, 0.1) is 6.92 Å². The quantitative estimate of drug-likeness (QED) is 0.373. The molecule has 4 rings (SSSR count). The Hall–Kier alpha value is -3.18. The second-order valence-electron chi connectivity index (χ2n) is 6.67. The van der Waals surface area contributed by atoms with Gasteiger partial charge in [-0.3, -0.25) is 0 Å². The van der Waals surface area contributed by atoms with Crippen LogP contribution in [0.5, 0.6) is 5.75 Å². The molecule has 0 bridgehead atoms. The van der Waals surface area contributed by atoms with Crippen molar-refractivity contribution in [2.75, 3.05) is 0 Å². The summed E-state index contributed by atoms with van der Waals surface area (Å²) in [6.07, 6.45) is 1.70. The molecule has 29 heavy (non-hydrogen) atoms. The SMILES string of the molecule is Cc1ccc(C2=N/C(=C/c3ccc(OCc4ccccc4)c(Br)c3)C(=O)O2)cc1. The van der Waals surface area contributed by atoms with Crippen molar-refractivity contribution in [2.45, 2.75) is 13.5 Å². The lowest BCUT2D eigenvalue weighted by molar-refractivity contribution is -0.129. The maximum Gasteiger partial charge on any atom is 0.363 e. The van der Waals surface area contributed by atoms with Crippen LogP contribution >= 0.6 is 15.9 Å². The Morgan fingerprint density at radius 3 is 2.52 bits per heavy atom. The third-order valence-electron chi connectivity index (χ3n) is 4.42. The number of carbonyl (C=O) groups excluding carboxylic acids is 1. The molecule has 0 N–H and O–H groups in total. The summed E-state index contributed by atoms with van der Waals surface area (Å²) < 4.78 is 12.0. The molecule has 0 saturated heterocycles. The van der Waals surface area contributed by atoms with Gasteiger partial charge in [0.05, 0.1) is 4.47 Å². The molecule has 5 heteroatoms. The number of rotatable bonds is 5.